The van der Waals surface area contributed by atoms with Crippen LogP contribution in [0.1, 0.15) is 12.5 Å². The van der Waals surface area contributed by atoms with Crippen LogP contribution in [-0.2, 0) is 6.42 Å². The summed E-state index contributed by atoms with van der Waals surface area (Å²) in [6, 6.07) is 5.61. The van der Waals surface area contributed by atoms with Gasteiger partial charge in [0.1, 0.15) is 5.75 Å². The number of hydrogen-bond acceptors (Lipinski definition) is 1. The van der Waals surface area contributed by atoms with Crippen molar-refractivity contribution in [2.45, 2.75) is 13.3 Å². The summed E-state index contributed by atoms with van der Waals surface area (Å²) >= 11 is 0. The molecule has 1 aromatic carbocycles. The van der Waals surface area contributed by atoms with Crippen molar-refractivity contribution in [3.8, 4) is 5.75 Å². The first kappa shape index (κ1) is 12.0. The number of aromatic nitrogens is 1. The summed E-state index contributed by atoms with van der Waals surface area (Å²) in [4.78, 5) is 3.22. The molecule has 0 radical (unpaired) electrons. The topological polar surface area (TPSA) is 36.0 Å². The molecule has 0 aliphatic carbocycles. The predicted molar refractivity (Wildman–Crippen MR) is 71.2 cm³/mol. The fourth-order valence-corrected chi connectivity index (χ4v) is 2.01. The molecule has 1 aromatic heterocycles. The van der Waals surface area contributed by atoms with E-state index in [9.17, 15) is 5.11 Å². The molecule has 1 heterocycles. The Morgan fingerprint density at radius 3 is 2.76 bits per heavy atom. The van der Waals surface area contributed by atoms with Crippen LogP contribution in [0.4, 0.5) is 0 Å². The third-order valence-electron chi connectivity index (χ3n) is 3.61. The number of benzene rings is 1. The summed E-state index contributed by atoms with van der Waals surface area (Å²) < 4.78 is 1.00. The molecular weight excluding hydrogens is 212 g/mol. The van der Waals surface area contributed by atoms with Crippen molar-refractivity contribution in [1.29, 1.82) is 0 Å². The first-order valence-electron chi connectivity index (χ1n) is 6.13. The van der Waals surface area contributed by atoms with Crippen LogP contribution in [0.15, 0.2) is 24.4 Å². The summed E-state index contributed by atoms with van der Waals surface area (Å²) in [5.74, 6) is 0.376. The molecule has 17 heavy (non-hydrogen) atoms. The van der Waals surface area contributed by atoms with E-state index in [1.807, 2.05) is 18.3 Å². The van der Waals surface area contributed by atoms with Crippen molar-refractivity contribution in [2.75, 3.05) is 27.2 Å². The Labute approximate surface area is 102 Å². The Morgan fingerprint density at radius 2 is 2.06 bits per heavy atom. The zero-order valence-electron chi connectivity index (χ0n) is 10.8. The van der Waals surface area contributed by atoms with E-state index < -0.39 is 0 Å². The number of phenols is 1. The third kappa shape index (κ3) is 2.44. The Balaban J connectivity index is 2.25. The van der Waals surface area contributed by atoms with Crippen molar-refractivity contribution in [3.05, 3.63) is 30.0 Å². The van der Waals surface area contributed by atoms with Crippen LogP contribution in [0.25, 0.3) is 10.9 Å². The molecule has 0 unspecified atom stereocenters. The SMILES string of the molecule is CC[N+](C)(C)CCc1c[nH]c2cccc(O)c12. The molecule has 0 saturated carbocycles. The van der Waals surface area contributed by atoms with Gasteiger partial charge in [0.15, 0.2) is 0 Å². The number of nitrogens with one attached hydrogen (secondary N) is 1. The van der Waals surface area contributed by atoms with Crippen molar-refractivity contribution >= 4 is 10.9 Å². The summed E-state index contributed by atoms with van der Waals surface area (Å²) in [5, 5.41) is 10.9. The first-order valence-corrected chi connectivity index (χ1v) is 6.13. The van der Waals surface area contributed by atoms with Crippen LogP contribution in [0.5, 0.6) is 5.75 Å². The number of aromatic hydroxyl groups is 1. The molecule has 0 bridgehead atoms. The second kappa shape index (κ2) is 4.41. The van der Waals surface area contributed by atoms with E-state index >= 15 is 0 Å². The van der Waals surface area contributed by atoms with E-state index in [0.717, 1.165) is 34.9 Å². The Bertz CT molecular complexity index is 514. The lowest BCUT2D eigenvalue weighted by Crippen LogP contribution is -2.40. The monoisotopic (exact) mass is 233 g/mol. The number of likely N-dealkylation sites (N-methyl/N-ethyl adjacent to an activating group) is 1. The van der Waals surface area contributed by atoms with E-state index in [4.69, 9.17) is 0 Å². The fourth-order valence-electron chi connectivity index (χ4n) is 2.01. The second-order valence-corrected chi connectivity index (χ2v) is 5.24. The first-order chi connectivity index (χ1) is 8.03. The van der Waals surface area contributed by atoms with E-state index in [1.165, 1.54) is 5.56 Å². The fraction of sp³-hybridized carbons (Fsp3) is 0.429. The molecule has 92 valence electrons. The second-order valence-electron chi connectivity index (χ2n) is 5.24. The standard InChI is InChI=1S/C14H20N2O/c1-4-16(2,3)9-8-11-10-15-12-6-5-7-13(17)14(11)12/h5-7,10,15H,4,8-9H2,1-3H3/p+1. The number of aromatic amines is 1. The minimum Gasteiger partial charge on any atom is -0.507 e. The molecule has 2 rings (SSSR count). The summed E-state index contributed by atoms with van der Waals surface area (Å²) in [5.41, 5.74) is 2.22. The molecule has 3 heteroatoms. The Morgan fingerprint density at radius 1 is 1.29 bits per heavy atom. The van der Waals surface area contributed by atoms with Crippen LogP contribution < -0.4 is 0 Å². The van der Waals surface area contributed by atoms with Crippen molar-refractivity contribution < 1.29 is 9.59 Å². The molecule has 0 atom stereocenters. The zero-order valence-corrected chi connectivity index (χ0v) is 10.8. The van der Waals surface area contributed by atoms with Gasteiger partial charge < -0.3 is 14.6 Å². The van der Waals surface area contributed by atoms with Gasteiger partial charge in [-0.15, -0.1) is 0 Å². The van der Waals surface area contributed by atoms with Gasteiger partial charge in [-0.3, -0.25) is 0 Å². The molecule has 0 spiro atoms. The van der Waals surface area contributed by atoms with Gasteiger partial charge in [0.05, 0.1) is 27.2 Å². The molecule has 2 N–H and O–H groups in total. The molecule has 2 aromatic rings. The number of fused-ring (bicyclic) bond motifs is 1. The highest BCUT2D eigenvalue weighted by molar-refractivity contribution is 5.88. The average Bonchev–Trinajstić information content (AvgIpc) is 2.71. The maximum Gasteiger partial charge on any atom is 0.125 e. The summed E-state index contributed by atoms with van der Waals surface area (Å²) in [7, 11) is 4.46. The van der Waals surface area contributed by atoms with Gasteiger partial charge in [-0.25, -0.2) is 0 Å². The van der Waals surface area contributed by atoms with Gasteiger partial charge in [0.25, 0.3) is 0 Å². The van der Waals surface area contributed by atoms with Crippen LogP contribution in [0.2, 0.25) is 0 Å². The van der Waals surface area contributed by atoms with Crippen molar-refractivity contribution in [2.24, 2.45) is 0 Å². The molecule has 0 aliphatic heterocycles. The molecule has 0 saturated heterocycles. The lowest BCUT2D eigenvalue weighted by atomic mass is 10.1. The minimum atomic E-state index is 0.376. The highest BCUT2D eigenvalue weighted by Gasteiger charge is 2.14. The number of quaternary nitrogens is 1. The molecular formula is C14H21N2O+. The molecule has 0 amide bonds. The van der Waals surface area contributed by atoms with Gasteiger partial charge in [-0.1, -0.05) is 6.07 Å². The molecule has 3 nitrogen and oxygen atoms in total. The zero-order chi connectivity index (χ0) is 12.5. The normalized spacial score (nSPS) is 12.2. The maximum atomic E-state index is 9.90. The lowest BCUT2D eigenvalue weighted by Gasteiger charge is -2.28. The summed E-state index contributed by atoms with van der Waals surface area (Å²) in [6.45, 7) is 4.40. The maximum absolute atomic E-state index is 9.90. The molecule has 0 fully saturated rings. The third-order valence-corrected chi connectivity index (χ3v) is 3.61. The highest BCUT2D eigenvalue weighted by atomic mass is 16.3. The lowest BCUT2D eigenvalue weighted by molar-refractivity contribution is -0.888. The van der Waals surface area contributed by atoms with Gasteiger partial charge in [0.2, 0.25) is 0 Å². The summed E-state index contributed by atoms with van der Waals surface area (Å²) in [6.07, 6.45) is 3.00. The van der Waals surface area contributed by atoms with Gasteiger partial charge >= 0.3 is 0 Å². The number of H-pyrrole nitrogens is 1. The number of nitrogens with zero attached hydrogens (tertiary/aromatic N) is 1. The van der Waals surface area contributed by atoms with Crippen molar-refractivity contribution in [3.63, 3.8) is 0 Å². The smallest absolute Gasteiger partial charge is 0.125 e. The highest BCUT2D eigenvalue weighted by Crippen LogP contribution is 2.28. The van der Waals surface area contributed by atoms with Gasteiger partial charge in [-0.05, 0) is 24.6 Å². The van der Waals surface area contributed by atoms with Crippen LogP contribution in [-0.4, -0.2) is 41.8 Å². The van der Waals surface area contributed by atoms with Gasteiger partial charge in [0, 0.05) is 23.5 Å². The Kier molecular flexibility index (Phi) is 3.11. The van der Waals surface area contributed by atoms with E-state index in [0.29, 0.717) is 5.75 Å². The number of rotatable bonds is 4. The Hall–Kier alpha value is -1.48. The number of phenolic OH excluding ortho intramolecular Hbond substituents is 1. The molecule has 0 aliphatic rings. The largest absolute Gasteiger partial charge is 0.507 e. The minimum absolute atomic E-state index is 0.376. The van der Waals surface area contributed by atoms with Crippen LogP contribution in [0, 0.1) is 0 Å². The number of hydrogen-bond donors (Lipinski definition) is 2. The quantitative estimate of drug-likeness (QED) is 0.782. The van der Waals surface area contributed by atoms with Crippen LogP contribution >= 0.6 is 0 Å². The van der Waals surface area contributed by atoms with E-state index in [2.05, 4.69) is 26.0 Å². The predicted octanol–water partition coefficient (Wildman–Crippen LogP) is 2.51. The van der Waals surface area contributed by atoms with Crippen LogP contribution in [0.3, 0.4) is 0 Å². The van der Waals surface area contributed by atoms with E-state index in [1.54, 1.807) is 6.07 Å². The average molecular weight is 233 g/mol. The van der Waals surface area contributed by atoms with Gasteiger partial charge in [-0.2, -0.15) is 0 Å². The van der Waals surface area contributed by atoms with Crippen molar-refractivity contribution in [1.82, 2.24) is 4.98 Å². The van der Waals surface area contributed by atoms with E-state index in [-0.39, 0.29) is 0 Å².